The van der Waals surface area contributed by atoms with Crippen LogP contribution < -0.4 is 15.4 Å². The second kappa shape index (κ2) is 7.08. The van der Waals surface area contributed by atoms with Gasteiger partial charge in [-0.1, -0.05) is 0 Å². The maximum absolute atomic E-state index is 12.5. The highest BCUT2D eigenvalue weighted by atomic mass is 79.9. The molecular weight excluding hydrogens is 478 g/mol. The van der Waals surface area contributed by atoms with Gasteiger partial charge in [-0.15, -0.1) is 11.3 Å². The molecule has 1 aromatic carbocycles. The number of benzene rings is 1. The van der Waals surface area contributed by atoms with E-state index in [0.29, 0.717) is 21.8 Å². The third-order valence-electron chi connectivity index (χ3n) is 4.55. The van der Waals surface area contributed by atoms with Crippen molar-refractivity contribution in [1.29, 1.82) is 0 Å². The molecule has 3 aromatic heterocycles. The van der Waals surface area contributed by atoms with Crippen molar-refractivity contribution in [2.75, 3.05) is 11.9 Å². The molecule has 29 heavy (non-hydrogen) atoms. The number of carbonyl (C=O) groups excluding carboxylic acids is 1. The van der Waals surface area contributed by atoms with Gasteiger partial charge in [0.05, 0.1) is 15.7 Å². The summed E-state index contributed by atoms with van der Waals surface area (Å²) in [7, 11) is 0. The van der Waals surface area contributed by atoms with Crippen molar-refractivity contribution in [2.45, 2.75) is 13.0 Å². The summed E-state index contributed by atoms with van der Waals surface area (Å²) in [6.45, 7) is 2.64. The van der Waals surface area contributed by atoms with Gasteiger partial charge in [0.2, 0.25) is 17.0 Å². The summed E-state index contributed by atoms with van der Waals surface area (Å²) < 4.78 is 7.39. The number of ether oxygens (including phenoxy) is 1. The summed E-state index contributed by atoms with van der Waals surface area (Å²) in [6, 6.07) is 7.67. The fourth-order valence-corrected chi connectivity index (χ4v) is 4.76. The maximum Gasteiger partial charge on any atom is 0.263 e. The minimum Gasteiger partial charge on any atom is -0.419 e. The number of amides is 1. The lowest BCUT2D eigenvalue weighted by Crippen LogP contribution is -2.34. The van der Waals surface area contributed by atoms with Crippen LogP contribution >= 0.6 is 38.9 Å². The normalized spacial score (nSPS) is 16.2. The first-order valence-corrected chi connectivity index (χ1v) is 10.8. The fraction of sp³-hybridized carbons (Fsp3) is 0.158. The highest BCUT2D eigenvalue weighted by Gasteiger charge is 2.24. The highest BCUT2D eigenvalue weighted by molar-refractivity contribution is 9.10. The first kappa shape index (κ1) is 18.5. The lowest BCUT2D eigenvalue weighted by molar-refractivity contribution is 0.0949. The fourth-order valence-electron chi connectivity index (χ4n) is 3.27. The summed E-state index contributed by atoms with van der Waals surface area (Å²) in [5.41, 5.74) is 1.62. The number of thiophene rings is 1. The van der Waals surface area contributed by atoms with E-state index in [1.807, 2.05) is 25.1 Å². The molecule has 4 aromatic rings. The molecule has 1 aliphatic heterocycles. The molecule has 0 spiro atoms. The van der Waals surface area contributed by atoms with Crippen molar-refractivity contribution in [1.82, 2.24) is 20.3 Å². The maximum atomic E-state index is 12.5. The van der Waals surface area contributed by atoms with Crippen LogP contribution in [0, 0.1) is 0 Å². The van der Waals surface area contributed by atoms with Crippen molar-refractivity contribution in [3.63, 3.8) is 0 Å². The molecule has 0 fully saturated rings. The summed E-state index contributed by atoms with van der Waals surface area (Å²) in [4.78, 5) is 25.8. The lowest BCUT2D eigenvalue weighted by atomic mass is 10.1. The molecule has 146 valence electrons. The summed E-state index contributed by atoms with van der Waals surface area (Å²) in [6.07, 6.45) is 1.52. The zero-order chi connectivity index (χ0) is 20.1. The highest BCUT2D eigenvalue weighted by Crippen LogP contribution is 2.41. The largest absolute Gasteiger partial charge is 0.419 e. The Morgan fingerprint density at radius 2 is 2.14 bits per heavy atom. The summed E-state index contributed by atoms with van der Waals surface area (Å²) in [5, 5.41) is 8.45. The van der Waals surface area contributed by atoms with Gasteiger partial charge in [-0.2, -0.15) is 4.98 Å². The second-order valence-corrected chi connectivity index (χ2v) is 8.86. The van der Waals surface area contributed by atoms with Crippen LogP contribution in [-0.2, 0) is 0 Å². The molecule has 0 aliphatic carbocycles. The molecule has 0 saturated heterocycles. The van der Waals surface area contributed by atoms with E-state index in [4.69, 9.17) is 16.3 Å². The average Bonchev–Trinajstić information content (AvgIpc) is 3.01. The number of rotatable bonds is 2. The quantitative estimate of drug-likeness (QED) is 0.385. The van der Waals surface area contributed by atoms with Gasteiger partial charge >= 0.3 is 0 Å². The van der Waals surface area contributed by atoms with Gasteiger partial charge < -0.3 is 15.4 Å². The van der Waals surface area contributed by atoms with E-state index in [1.165, 1.54) is 17.5 Å². The number of carbonyl (C=O) groups is 1. The number of hydrogen-bond donors (Lipinski definition) is 2. The monoisotopic (exact) mass is 489 g/mol. The van der Waals surface area contributed by atoms with Crippen LogP contribution in [0.4, 0.5) is 5.69 Å². The predicted octanol–water partition coefficient (Wildman–Crippen LogP) is 4.99. The van der Waals surface area contributed by atoms with Crippen LogP contribution in [0.3, 0.4) is 0 Å². The summed E-state index contributed by atoms with van der Waals surface area (Å²) >= 11 is 10.7. The van der Waals surface area contributed by atoms with Crippen LogP contribution in [0.25, 0.3) is 21.0 Å². The molecule has 0 saturated carbocycles. The molecule has 0 bridgehead atoms. The molecule has 5 rings (SSSR count). The van der Waals surface area contributed by atoms with E-state index in [9.17, 15) is 4.79 Å². The van der Waals surface area contributed by atoms with Gasteiger partial charge in [-0.3, -0.25) is 4.79 Å². The first-order chi connectivity index (χ1) is 14.0. The SMILES string of the molecule is C[C@H]1CNc2c(sc3ccc4nc(Oc5nc(Cl)ncc5Br)ccc4c23)C(=O)N1. The standard InChI is InChI=1S/C19H13BrClN5O2S/c1-8-6-22-15-14-9-2-5-13(28-18-10(20)7-23-19(21)26-18)25-11(9)3-4-12(14)29-16(15)17(27)24-8/h2-5,7-8,22H,6H2,1H3,(H,24,27)/t8-/m0/s1. The molecule has 4 heterocycles. The van der Waals surface area contributed by atoms with Crippen molar-refractivity contribution >= 4 is 71.5 Å². The lowest BCUT2D eigenvalue weighted by Gasteiger charge is -2.10. The van der Waals surface area contributed by atoms with Gasteiger partial charge in [-0.25, -0.2) is 9.97 Å². The van der Waals surface area contributed by atoms with E-state index in [2.05, 4.69) is 41.5 Å². The van der Waals surface area contributed by atoms with Gasteiger partial charge in [0, 0.05) is 40.3 Å². The molecule has 1 amide bonds. The molecule has 0 radical (unpaired) electrons. The zero-order valence-electron chi connectivity index (χ0n) is 15.0. The van der Waals surface area contributed by atoms with Gasteiger partial charge in [0.25, 0.3) is 5.91 Å². The third kappa shape index (κ3) is 3.29. The minimum absolute atomic E-state index is 0.0507. The van der Waals surface area contributed by atoms with Crippen molar-refractivity contribution < 1.29 is 9.53 Å². The van der Waals surface area contributed by atoms with E-state index in [0.717, 1.165) is 26.7 Å². The Hall–Kier alpha value is -2.49. The number of halogens is 2. The van der Waals surface area contributed by atoms with Gasteiger partial charge in [0.15, 0.2) is 0 Å². The molecular formula is C19H13BrClN5O2S. The molecule has 10 heteroatoms. The summed E-state index contributed by atoms with van der Waals surface area (Å²) in [5.74, 6) is 0.618. The number of fused-ring (bicyclic) bond motifs is 5. The van der Waals surface area contributed by atoms with Gasteiger partial charge in [0.1, 0.15) is 4.88 Å². The Morgan fingerprint density at radius 1 is 1.28 bits per heavy atom. The van der Waals surface area contributed by atoms with E-state index >= 15 is 0 Å². The third-order valence-corrected chi connectivity index (χ3v) is 6.43. The number of hydrogen-bond acceptors (Lipinski definition) is 7. The molecule has 1 atom stereocenters. The smallest absolute Gasteiger partial charge is 0.263 e. The van der Waals surface area contributed by atoms with Crippen molar-refractivity contribution in [3.05, 3.63) is 45.1 Å². The number of nitrogens with one attached hydrogen (secondary N) is 2. The Labute approximate surface area is 182 Å². The van der Waals surface area contributed by atoms with Gasteiger partial charge in [-0.05, 0) is 52.7 Å². The van der Waals surface area contributed by atoms with E-state index in [-0.39, 0.29) is 23.1 Å². The zero-order valence-corrected chi connectivity index (χ0v) is 18.2. The molecule has 1 aliphatic rings. The van der Waals surface area contributed by atoms with E-state index < -0.39 is 0 Å². The Morgan fingerprint density at radius 3 is 3.00 bits per heavy atom. The van der Waals surface area contributed by atoms with Crippen LogP contribution in [0.15, 0.2) is 34.9 Å². The minimum atomic E-state index is -0.0507. The van der Waals surface area contributed by atoms with Crippen molar-refractivity contribution in [3.8, 4) is 11.8 Å². The van der Waals surface area contributed by atoms with Crippen LogP contribution in [0.5, 0.6) is 11.8 Å². The number of nitrogens with zero attached hydrogens (tertiary/aromatic N) is 3. The predicted molar refractivity (Wildman–Crippen MR) is 117 cm³/mol. The van der Waals surface area contributed by atoms with E-state index in [1.54, 1.807) is 6.07 Å². The topological polar surface area (TPSA) is 89.0 Å². The first-order valence-electron chi connectivity index (χ1n) is 8.76. The van der Waals surface area contributed by atoms with Crippen molar-refractivity contribution in [2.24, 2.45) is 0 Å². The van der Waals surface area contributed by atoms with Crippen LogP contribution in [0.1, 0.15) is 16.6 Å². The molecule has 2 N–H and O–H groups in total. The molecule has 0 unspecified atom stereocenters. The Bertz CT molecular complexity index is 1290. The molecule has 7 nitrogen and oxygen atoms in total. The number of anilines is 1. The Balaban J connectivity index is 1.62. The van der Waals surface area contributed by atoms with Crippen LogP contribution in [-0.4, -0.2) is 33.4 Å². The number of aromatic nitrogens is 3. The second-order valence-electron chi connectivity index (χ2n) is 6.61. The Kier molecular flexibility index (Phi) is 4.53. The van der Waals surface area contributed by atoms with Crippen LogP contribution in [0.2, 0.25) is 5.28 Å². The average molecular weight is 491 g/mol. The number of pyridine rings is 1.